The number of benzene rings is 1. The molecule has 0 atom stereocenters. The van der Waals surface area contributed by atoms with E-state index < -0.39 is 0 Å². The van der Waals surface area contributed by atoms with Crippen LogP contribution in [0.3, 0.4) is 0 Å². The van der Waals surface area contributed by atoms with Crippen LogP contribution in [0.4, 0.5) is 17.5 Å². The van der Waals surface area contributed by atoms with E-state index in [2.05, 4.69) is 25.6 Å². The third-order valence-corrected chi connectivity index (χ3v) is 3.85. The first kappa shape index (κ1) is 17.8. The van der Waals surface area contributed by atoms with Gasteiger partial charge in [-0.25, -0.2) is 4.98 Å². The van der Waals surface area contributed by atoms with Crippen molar-refractivity contribution in [2.75, 3.05) is 24.9 Å². The summed E-state index contributed by atoms with van der Waals surface area (Å²) < 4.78 is 10.6. The Balaban J connectivity index is 1.76. The van der Waals surface area contributed by atoms with Gasteiger partial charge in [0.05, 0.1) is 37.2 Å². The molecule has 0 aliphatic rings. The maximum atomic E-state index is 6.13. The number of ether oxygens (including phenoxy) is 2. The van der Waals surface area contributed by atoms with E-state index in [-0.39, 0.29) is 0 Å². The molecule has 8 heteroatoms. The summed E-state index contributed by atoms with van der Waals surface area (Å²) in [4.78, 5) is 13.0. The zero-order valence-corrected chi connectivity index (χ0v) is 15.1. The van der Waals surface area contributed by atoms with Crippen LogP contribution in [0, 0.1) is 0 Å². The number of aromatic nitrogens is 3. The summed E-state index contributed by atoms with van der Waals surface area (Å²) in [7, 11) is 3.12. The average Bonchev–Trinajstić information content (AvgIpc) is 2.68. The summed E-state index contributed by atoms with van der Waals surface area (Å²) >= 11 is 6.13. The van der Waals surface area contributed by atoms with E-state index in [0.29, 0.717) is 40.5 Å². The van der Waals surface area contributed by atoms with Gasteiger partial charge in [0.15, 0.2) is 0 Å². The van der Waals surface area contributed by atoms with Gasteiger partial charge in [0, 0.05) is 24.5 Å². The fraction of sp³-hybridized carbons (Fsp3) is 0.167. The van der Waals surface area contributed by atoms with Gasteiger partial charge in [0.25, 0.3) is 0 Å². The first-order valence-corrected chi connectivity index (χ1v) is 8.23. The molecule has 0 aliphatic heterocycles. The molecular formula is C18H18ClN5O2. The largest absolute Gasteiger partial charge is 0.495 e. The van der Waals surface area contributed by atoms with Crippen LogP contribution in [0.1, 0.15) is 5.69 Å². The number of hydrogen-bond donors (Lipinski definition) is 2. The first-order chi connectivity index (χ1) is 12.7. The molecule has 0 fully saturated rings. The Morgan fingerprint density at radius 1 is 1.00 bits per heavy atom. The molecule has 0 bridgehead atoms. The second kappa shape index (κ2) is 8.35. The summed E-state index contributed by atoms with van der Waals surface area (Å²) in [5.41, 5.74) is 1.57. The Labute approximate surface area is 156 Å². The standard InChI is InChI=1S/C18H18ClN5O2/c1-25-15-10-14(16(26-2)9-13(15)19)23-18-21-8-6-17(24-18)22-11-12-5-3-4-7-20-12/h3-10H,11H2,1-2H3,(H2,21,22,23,24). The van der Waals surface area contributed by atoms with Crippen molar-refractivity contribution in [2.45, 2.75) is 6.54 Å². The van der Waals surface area contributed by atoms with Crippen LogP contribution in [0.5, 0.6) is 11.5 Å². The molecule has 0 unspecified atom stereocenters. The molecule has 0 aliphatic carbocycles. The summed E-state index contributed by atoms with van der Waals surface area (Å²) in [6, 6.07) is 11.0. The summed E-state index contributed by atoms with van der Waals surface area (Å²) in [5.74, 6) is 2.18. The van der Waals surface area contributed by atoms with Crippen LogP contribution in [0.2, 0.25) is 5.02 Å². The maximum absolute atomic E-state index is 6.13. The number of nitrogens with one attached hydrogen (secondary N) is 2. The second-order valence-electron chi connectivity index (χ2n) is 5.25. The van der Waals surface area contributed by atoms with Crippen molar-refractivity contribution in [3.63, 3.8) is 0 Å². The lowest BCUT2D eigenvalue weighted by atomic mass is 10.2. The molecular weight excluding hydrogens is 354 g/mol. The van der Waals surface area contributed by atoms with Crippen molar-refractivity contribution in [1.29, 1.82) is 0 Å². The van der Waals surface area contributed by atoms with Crippen LogP contribution in [-0.2, 0) is 6.54 Å². The molecule has 0 spiro atoms. The van der Waals surface area contributed by atoms with Crippen LogP contribution in [0.25, 0.3) is 0 Å². The molecule has 3 aromatic rings. The minimum Gasteiger partial charge on any atom is -0.495 e. The van der Waals surface area contributed by atoms with Crippen LogP contribution < -0.4 is 20.1 Å². The number of methoxy groups -OCH3 is 2. The van der Waals surface area contributed by atoms with Crippen LogP contribution >= 0.6 is 11.6 Å². The lowest BCUT2D eigenvalue weighted by molar-refractivity contribution is 0.405. The van der Waals surface area contributed by atoms with E-state index in [1.807, 2.05) is 18.2 Å². The number of hydrogen-bond acceptors (Lipinski definition) is 7. The maximum Gasteiger partial charge on any atom is 0.229 e. The second-order valence-corrected chi connectivity index (χ2v) is 5.66. The van der Waals surface area contributed by atoms with Crippen molar-refractivity contribution in [3.05, 3.63) is 59.5 Å². The van der Waals surface area contributed by atoms with Crippen LogP contribution in [-0.4, -0.2) is 29.2 Å². The summed E-state index contributed by atoms with van der Waals surface area (Å²) in [6.07, 6.45) is 3.42. The van der Waals surface area contributed by atoms with Crippen molar-refractivity contribution < 1.29 is 9.47 Å². The SMILES string of the molecule is COc1cc(Nc2nccc(NCc3ccccn3)n2)c(OC)cc1Cl. The molecule has 0 saturated carbocycles. The van der Waals surface area contributed by atoms with E-state index in [0.717, 1.165) is 5.69 Å². The van der Waals surface area contributed by atoms with Gasteiger partial charge in [-0.1, -0.05) is 17.7 Å². The number of halogens is 1. The molecule has 2 N–H and O–H groups in total. The Morgan fingerprint density at radius 3 is 2.58 bits per heavy atom. The third kappa shape index (κ3) is 4.31. The first-order valence-electron chi connectivity index (χ1n) is 7.85. The van der Waals surface area contributed by atoms with Gasteiger partial charge in [0.2, 0.25) is 5.95 Å². The van der Waals surface area contributed by atoms with E-state index in [9.17, 15) is 0 Å². The number of nitrogens with zero attached hydrogens (tertiary/aromatic N) is 3. The molecule has 26 heavy (non-hydrogen) atoms. The predicted octanol–water partition coefficient (Wildman–Crippen LogP) is 3.90. The Kier molecular flexibility index (Phi) is 5.70. The molecule has 7 nitrogen and oxygen atoms in total. The minimum atomic E-state index is 0.415. The summed E-state index contributed by atoms with van der Waals surface area (Å²) in [5, 5.41) is 6.80. The molecule has 0 amide bonds. The zero-order chi connectivity index (χ0) is 18.4. The Bertz CT molecular complexity index is 877. The molecule has 2 heterocycles. The smallest absolute Gasteiger partial charge is 0.229 e. The van der Waals surface area contributed by atoms with Crippen molar-refractivity contribution in [1.82, 2.24) is 15.0 Å². The van der Waals surface area contributed by atoms with E-state index in [4.69, 9.17) is 21.1 Å². The molecule has 134 valence electrons. The highest BCUT2D eigenvalue weighted by Gasteiger charge is 2.11. The van der Waals surface area contributed by atoms with Gasteiger partial charge in [-0.05, 0) is 18.2 Å². The number of pyridine rings is 1. The third-order valence-electron chi connectivity index (χ3n) is 3.55. The number of rotatable bonds is 7. The highest BCUT2D eigenvalue weighted by Crippen LogP contribution is 2.36. The fourth-order valence-electron chi connectivity index (χ4n) is 2.28. The molecule has 3 rings (SSSR count). The molecule has 1 aromatic carbocycles. The Hall–Kier alpha value is -3.06. The zero-order valence-electron chi connectivity index (χ0n) is 14.4. The monoisotopic (exact) mass is 371 g/mol. The van der Waals surface area contributed by atoms with Crippen molar-refractivity contribution >= 4 is 29.1 Å². The normalized spacial score (nSPS) is 10.3. The number of anilines is 3. The predicted molar refractivity (Wildman–Crippen MR) is 101 cm³/mol. The highest BCUT2D eigenvalue weighted by atomic mass is 35.5. The lowest BCUT2D eigenvalue weighted by Gasteiger charge is -2.13. The van der Waals surface area contributed by atoms with Gasteiger partial charge in [-0.3, -0.25) is 4.98 Å². The summed E-state index contributed by atoms with van der Waals surface area (Å²) in [6.45, 7) is 0.565. The van der Waals surface area contributed by atoms with E-state index in [1.165, 1.54) is 0 Å². The quantitative estimate of drug-likeness (QED) is 0.651. The van der Waals surface area contributed by atoms with Crippen molar-refractivity contribution in [3.8, 4) is 11.5 Å². The van der Waals surface area contributed by atoms with E-state index >= 15 is 0 Å². The Morgan fingerprint density at radius 2 is 1.85 bits per heavy atom. The molecule has 0 radical (unpaired) electrons. The van der Waals surface area contributed by atoms with Gasteiger partial charge >= 0.3 is 0 Å². The molecule has 2 aromatic heterocycles. The van der Waals surface area contributed by atoms with Gasteiger partial charge in [-0.15, -0.1) is 0 Å². The lowest BCUT2D eigenvalue weighted by Crippen LogP contribution is -2.05. The van der Waals surface area contributed by atoms with Crippen molar-refractivity contribution in [2.24, 2.45) is 0 Å². The highest BCUT2D eigenvalue weighted by molar-refractivity contribution is 6.32. The van der Waals surface area contributed by atoms with Gasteiger partial charge in [-0.2, -0.15) is 4.98 Å². The van der Waals surface area contributed by atoms with Crippen LogP contribution in [0.15, 0.2) is 48.8 Å². The molecule has 0 saturated heterocycles. The average molecular weight is 372 g/mol. The van der Waals surface area contributed by atoms with E-state index in [1.54, 1.807) is 44.8 Å². The fourth-order valence-corrected chi connectivity index (χ4v) is 2.51. The van der Waals surface area contributed by atoms with Gasteiger partial charge < -0.3 is 20.1 Å². The topological polar surface area (TPSA) is 81.2 Å². The minimum absolute atomic E-state index is 0.415. The van der Waals surface area contributed by atoms with Gasteiger partial charge in [0.1, 0.15) is 17.3 Å².